The van der Waals surface area contributed by atoms with Gasteiger partial charge in [0.2, 0.25) is 0 Å². The number of amides is 2. The number of pyridine rings is 2. The molecule has 3 N–H and O–H groups in total. The van der Waals surface area contributed by atoms with E-state index in [2.05, 4.69) is 25.9 Å². The highest BCUT2D eigenvalue weighted by molar-refractivity contribution is 7.17. The maximum atomic E-state index is 13.4. The van der Waals surface area contributed by atoms with Crippen molar-refractivity contribution in [3.05, 3.63) is 107 Å². The van der Waals surface area contributed by atoms with E-state index in [1.807, 2.05) is 66.9 Å². The number of methoxy groups -OCH3 is 1. The Labute approximate surface area is 230 Å². The van der Waals surface area contributed by atoms with Crippen LogP contribution in [-0.4, -0.2) is 35.4 Å². The van der Waals surface area contributed by atoms with Crippen molar-refractivity contribution in [1.29, 1.82) is 0 Å². The van der Waals surface area contributed by atoms with Gasteiger partial charge in [0.15, 0.2) is 5.82 Å². The second kappa shape index (κ2) is 11.7. The number of carbonyl (C=O) groups excluding carboxylic acids is 2. The Bertz CT molecular complexity index is 1650. The van der Waals surface area contributed by atoms with Crippen LogP contribution in [0.1, 0.15) is 31.8 Å². The number of benzene rings is 2. The number of fused-ring (bicyclic) bond motifs is 1. The van der Waals surface area contributed by atoms with E-state index in [-0.39, 0.29) is 11.8 Å². The van der Waals surface area contributed by atoms with Crippen LogP contribution in [0.25, 0.3) is 10.1 Å². The maximum Gasteiger partial charge on any atom is 0.257 e. The SMILES string of the molecule is COc1cnccc1CCNC(=O)c1cnc(Nc2ccccc2C)c(NC(=O)c2csc3ccccc23)c1. The minimum Gasteiger partial charge on any atom is -0.495 e. The number of nitrogens with zero attached hydrogens (tertiary/aromatic N) is 2. The van der Waals surface area contributed by atoms with E-state index in [9.17, 15) is 9.59 Å². The molecular weight excluding hydrogens is 510 g/mol. The predicted octanol–water partition coefficient (Wildman–Crippen LogP) is 5.98. The zero-order valence-electron chi connectivity index (χ0n) is 21.5. The van der Waals surface area contributed by atoms with Crippen molar-refractivity contribution in [3.8, 4) is 5.75 Å². The Morgan fingerprint density at radius 3 is 2.64 bits per heavy atom. The molecule has 0 unspecified atom stereocenters. The van der Waals surface area contributed by atoms with E-state index >= 15 is 0 Å². The van der Waals surface area contributed by atoms with E-state index < -0.39 is 0 Å². The number of para-hydroxylation sites is 1. The molecule has 0 saturated heterocycles. The summed E-state index contributed by atoms with van der Waals surface area (Å²) in [6.07, 6.45) is 5.41. The maximum absolute atomic E-state index is 13.4. The normalized spacial score (nSPS) is 10.7. The Kier molecular flexibility index (Phi) is 7.79. The van der Waals surface area contributed by atoms with Gasteiger partial charge in [-0.15, -0.1) is 11.3 Å². The van der Waals surface area contributed by atoms with Gasteiger partial charge in [0.25, 0.3) is 11.8 Å². The molecule has 0 aliphatic carbocycles. The molecule has 0 aliphatic rings. The van der Waals surface area contributed by atoms with Gasteiger partial charge in [0.1, 0.15) is 5.75 Å². The Morgan fingerprint density at radius 1 is 0.974 bits per heavy atom. The molecule has 9 heteroatoms. The standard InChI is InChI=1S/C30H27N5O3S/c1-19-7-3-5-9-24(19)34-28-25(35-30(37)23-18-39-27-10-6-4-8-22(23)27)15-21(16-33-28)29(36)32-14-12-20-11-13-31-17-26(20)38-2/h3-11,13,15-18H,12,14H2,1-2H3,(H,32,36)(H,33,34)(H,35,37). The fraction of sp³-hybridized carbons (Fsp3) is 0.133. The Hall–Kier alpha value is -4.76. The van der Waals surface area contributed by atoms with E-state index in [4.69, 9.17) is 4.74 Å². The third-order valence-electron chi connectivity index (χ3n) is 6.29. The summed E-state index contributed by atoms with van der Waals surface area (Å²) in [6.45, 7) is 2.38. The number of anilines is 3. The van der Waals surface area contributed by atoms with Gasteiger partial charge >= 0.3 is 0 Å². The molecule has 0 saturated carbocycles. The molecule has 5 aromatic rings. The lowest BCUT2D eigenvalue weighted by atomic mass is 10.1. The summed E-state index contributed by atoms with van der Waals surface area (Å²) in [6, 6.07) is 19.1. The van der Waals surface area contributed by atoms with Crippen LogP contribution in [0.4, 0.5) is 17.2 Å². The van der Waals surface area contributed by atoms with Crippen LogP contribution < -0.4 is 20.7 Å². The third-order valence-corrected chi connectivity index (χ3v) is 7.26. The molecule has 8 nitrogen and oxygen atoms in total. The van der Waals surface area contributed by atoms with Crippen molar-refractivity contribution in [3.63, 3.8) is 0 Å². The molecular formula is C30H27N5O3S. The molecule has 3 aromatic heterocycles. The quantitative estimate of drug-likeness (QED) is 0.214. The van der Waals surface area contributed by atoms with Gasteiger partial charge in [-0.3, -0.25) is 14.6 Å². The number of nitrogens with one attached hydrogen (secondary N) is 3. The van der Waals surface area contributed by atoms with Gasteiger partial charge < -0.3 is 20.7 Å². The van der Waals surface area contributed by atoms with Crippen LogP contribution in [0.15, 0.2) is 84.6 Å². The average Bonchev–Trinajstić information content (AvgIpc) is 3.40. The number of thiophene rings is 1. The van der Waals surface area contributed by atoms with Crippen molar-refractivity contribution >= 4 is 50.4 Å². The first kappa shape index (κ1) is 25.9. The van der Waals surface area contributed by atoms with Gasteiger partial charge in [0, 0.05) is 40.1 Å². The van der Waals surface area contributed by atoms with Crippen LogP contribution in [0.5, 0.6) is 5.75 Å². The van der Waals surface area contributed by atoms with Crippen LogP contribution in [-0.2, 0) is 6.42 Å². The number of ether oxygens (including phenoxy) is 1. The number of hydrogen-bond acceptors (Lipinski definition) is 7. The third kappa shape index (κ3) is 5.89. The van der Waals surface area contributed by atoms with Gasteiger partial charge in [-0.05, 0) is 48.7 Å². The van der Waals surface area contributed by atoms with E-state index in [1.165, 1.54) is 17.5 Å². The molecule has 0 radical (unpaired) electrons. The summed E-state index contributed by atoms with van der Waals surface area (Å²) in [4.78, 5) is 35.0. The fourth-order valence-corrected chi connectivity index (χ4v) is 5.12. The zero-order chi connectivity index (χ0) is 27.2. The first-order valence-corrected chi connectivity index (χ1v) is 13.3. The first-order chi connectivity index (χ1) is 19.0. The summed E-state index contributed by atoms with van der Waals surface area (Å²) >= 11 is 1.51. The molecule has 0 spiro atoms. The smallest absolute Gasteiger partial charge is 0.257 e. The lowest BCUT2D eigenvalue weighted by Crippen LogP contribution is -2.26. The van der Waals surface area contributed by atoms with Crippen LogP contribution in [0, 0.1) is 6.92 Å². The number of aryl methyl sites for hydroxylation is 1. The Morgan fingerprint density at radius 2 is 1.79 bits per heavy atom. The minimum atomic E-state index is -0.297. The van der Waals surface area contributed by atoms with Crippen molar-refractivity contribution < 1.29 is 14.3 Å². The highest BCUT2D eigenvalue weighted by Gasteiger charge is 2.17. The van der Waals surface area contributed by atoms with Crippen molar-refractivity contribution in [1.82, 2.24) is 15.3 Å². The lowest BCUT2D eigenvalue weighted by Gasteiger charge is -2.15. The minimum absolute atomic E-state index is 0.274. The Balaban J connectivity index is 1.38. The summed E-state index contributed by atoms with van der Waals surface area (Å²) in [5.41, 5.74) is 4.12. The van der Waals surface area contributed by atoms with Crippen LogP contribution >= 0.6 is 11.3 Å². The van der Waals surface area contributed by atoms with Crippen molar-refractivity contribution in [2.45, 2.75) is 13.3 Å². The fourth-order valence-electron chi connectivity index (χ4n) is 4.18. The molecule has 2 aromatic carbocycles. The van der Waals surface area contributed by atoms with Gasteiger partial charge in [-0.1, -0.05) is 36.4 Å². The molecule has 0 atom stereocenters. The van der Waals surface area contributed by atoms with Gasteiger partial charge in [-0.2, -0.15) is 0 Å². The van der Waals surface area contributed by atoms with Crippen molar-refractivity contribution in [2.24, 2.45) is 0 Å². The molecule has 3 heterocycles. The number of rotatable bonds is 9. The molecule has 196 valence electrons. The highest BCUT2D eigenvalue weighted by atomic mass is 32.1. The summed E-state index contributed by atoms with van der Waals surface area (Å²) in [5.74, 6) is 0.542. The largest absolute Gasteiger partial charge is 0.495 e. The number of aromatic nitrogens is 2. The van der Waals surface area contributed by atoms with E-state index in [0.29, 0.717) is 41.3 Å². The van der Waals surface area contributed by atoms with E-state index in [0.717, 1.165) is 26.9 Å². The van der Waals surface area contributed by atoms with Crippen molar-refractivity contribution in [2.75, 3.05) is 24.3 Å². The predicted molar refractivity (Wildman–Crippen MR) is 155 cm³/mol. The van der Waals surface area contributed by atoms with Gasteiger partial charge in [0.05, 0.1) is 30.1 Å². The number of hydrogen-bond donors (Lipinski definition) is 3. The summed E-state index contributed by atoms with van der Waals surface area (Å²) in [5, 5.41) is 11.9. The highest BCUT2D eigenvalue weighted by Crippen LogP contribution is 2.30. The lowest BCUT2D eigenvalue weighted by molar-refractivity contribution is 0.0952. The first-order valence-electron chi connectivity index (χ1n) is 12.4. The molecule has 0 bridgehead atoms. The summed E-state index contributed by atoms with van der Waals surface area (Å²) in [7, 11) is 1.59. The zero-order valence-corrected chi connectivity index (χ0v) is 22.3. The monoisotopic (exact) mass is 537 g/mol. The number of carbonyl (C=O) groups is 2. The topological polar surface area (TPSA) is 105 Å². The molecule has 0 aliphatic heterocycles. The van der Waals surface area contributed by atoms with Crippen LogP contribution in [0.2, 0.25) is 0 Å². The second-order valence-electron chi connectivity index (χ2n) is 8.85. The molecule has 0 fully saturated rings. The molecule has 5 rings (SSSR count). The molecule has 39 heavy (non-hydrogen) atoms. The summed E-state index contributed by atoms with van der Waals surface area (Å²) < 4.78 is 6.36. The average molecular weight is 538 g/mol. The van der Waals surface area contributed by atoms with Gasteiger partial charge in [-0.25, -0.2) is 4.98 Å². The van der Waals surface area contributed by atoms with E-state index in [1.54, 1.807) is 25.6 Å². The molecule has 2 amide bonds. The second-order valence-corrected chi connectivity index (χ2v) is 9.76. The van der Waals surface area contributed by atoms with Crippen LogP contribution in [0.3, 0.4) is 0 Å².